The first-order valence-corrected chi connectivity index (χ1v) is 9.44. The molecule has 0 atom stereocenters. The van der Waals surface area contributed by atoms with Gasteiger partial charge in [-0.3, -0.25) is 14.9 Å². The molecule has 0 aliphatic heterocycles. The molecule has 0 saturated heterocycles. The summed E-state index contributed by atoms with van der Waals surface area (Å²) < 4.78 is 5.11. The minimum absolute atomic E-state index is 0.220. The standard InChI is InChI=1S/C22H23N7O2/c1-4-15(22(23-2)31-3)13-26-21(30)17-6-5-7-18(12-17)25-14-19-27-20(29-28-19)16-8-10-24-11-9-16/h4-12,25H,1-2,13-14H2,3H3,(H,26,30)(H,27,28,29)/b22-15-. The number of hydrogen-bond acceptors (Lipinski definition) is 7. The number of methoxy groups -OCH3 is 1. The van der Waals surface area contributed by atoms with E-state index in [1.807, 2.05) is 18.2 Å². The number of hydrogen-bond donors (Lipinski definition) is 3. The maximum absolute atomic E-state index is 12.5. The van der Waals surface area contributed by atoms with Gasteiger partial charge in [0.15, 0.2) is 5.82 Å². The highest BCUT2D eigenvalue weighted by Crippen LogP contribution is 2.15. The number of anilines is 1. The van der Waals surface area contributed by atoms with Crippen LogP contribution in [0, 0.1) is 0 Å². The van der Waals surface area contributed by atoms with E-state index < -0.39 is 0 Å². The third-order valence-corrected chi connectivity index (χ3v) is 4.35. The lowest BCUT2D eigenvalue weighted by Gasteiger charge is -2.10. The summed E-state index contributed by atoms with van der Waals surface area (Å²) in [5, 5.41) is 13.2. The Hall–Kier alpha value is -4.27. The highest BCUT2D eigenvalue weighted by molar-refractivity contribution is 5.95. The number of amides is 1. The monoisotopic (exact) mass is 417 g/mol. The molecule has 3 rings (SSSR count). The van der Waals surface area contributed by atoms with Crippen LogP contribution in [-0.4, -0.2) is 46.4 Å². The zero-order valence-electron chi connectivity index (χ0n) is 17.1. The SMILES string of the molecule is C=C/C(CNC(=O)c1cccc(NCc2nc(-c3ccncc3)n[nH]2)c1)=C(\N=C)OC. The predicted octanol–water partition coefficient (Wildman–Crippen LogP) is 2.95. The molecule has 31 heavy (non-hydrogen) atoms. The number of carbonyl (C=O) groups is 1. The summed E-state index contributed by atoms with van der Waals surface area (Å²) in [6, 6.07) is 10.9. The van der Waals surface area contributed by atoms with Crippen molar-refractivity contribution in [1.29, 1.82) is 0 Å². The van der Waals surface area contributed by atoms with Crippen molar-refractivity contribution in [3.05, 3.63) is 84.3 Å². The van der Waals surface area contributed by atoms with E-state index in [2.05, 4.69) is 49.1 Å². The zero-order valence-corrected chi connectivity index (χ0v) is 17.1. The maximum Gasteiger partial charge on any atom is 0.251 e. The fourth-order valence-electron chi connectivity index (χ4n) is 2.77. The highest BCUT2D eigenvalue weighted by atomic mass is 16.5. The number of nitrogens with zero attached hydrogens (tertiary/aromatic N) is 4. The van der Waals surface area contributed by atoms with Crippen LogP contribution in [0.3, 0.4) is 0 Å². The van der Waals surface area contributed by atoms with Crippen LogP contribution in [0.25, 0.3) is 11.4 Å². The molecule has 158 valence electrons. The van der Waals surface area contributed by atoms with Gasteiger partial charge in [0.1, 0.15) is 5.82 Å². The molecule has 0 unspecified atom stereocenters. The molecule has 9 heteroatoms. The molecule has 0 aliphatic carbocycles. The molecule has 0 saturated carbocycles. The van der Waals surface area contributed by atoms with Crippen LogP contribution in [0.15, 0.2) is 77.9 Å². The molecule has 2 aromatic heterocycles. The number of aromatic nitrogens is 4. The van der Waals surface area contributed by atoms with E-state index in [4.69, 9.17) is 4.74 Å². The smallest absolute Gasteiger partial charge is 0.251 e. The van der Waals surface area contributed by atoms with Gasteiger partial charge in [0.2, 0.25) is 5.88 Å². The van der Waals surface area contributed by atoms with Crippen molar-refractivity contribution in [2.75, 3.05) is 19.0 Å². The van der Waals surface area contributed by atoms with Crippen LogP contribution in [-0.2, 0) is 11.3 Å². The minimum Gasteiger partial charge on any atom is -0.481 e. The van der Waals surface area contributed by atoms with Crippen LogP contribution in [0.5, 0.6) is 0 Å². The predicted molar refractivity (Wildman–Crippen MR) is 119 cm³/mol. The molecule has 0 radical (unpaired) electrons. The zero-order chi connectivity index (χ0) is 22.1. The minimum atomic E-state index is -0.234. The Kier molecular flexibility index (Phi) is 7.26. The van der Waals surface area contributed by atoms with Gasteiger partial charge < -0.3 is 15.4 Å². The largest absolute Gasteiger partial charge is 0.481 e. The van der Waals surface area contributed by atoms with Crippen molar-refractivity contribution in [2.45, 2.75) is 6.54 Å². The van der Waals surface area contributed by atoms with Crippen molar-refractivity contribution >= 4 is 18.3 Å². The lowest BCUT2D eigenvalue weighted by Crippen LogP contribution is -2.26. The first-order chi connectivity index (χ1) is 15.1. The number of aromatic amines is 1. The Labute approximate surface area is 180 Å². The van der Waals surface area contributed by atoms with Gasteiger partial charge in [0.05, 0.1) is 13.7 Å². The summed E-state index contributed by atoms with van der Waals surface area (Å²) in [6.45, 7) is 7.80. The van der Waals surface area contributed by atoms with E-state index in [1.54, 1.807) is 36.7 Å². The molecular weight excluding hydrogens is 394 g/mol. The second kappa shape index (κ2) is 10.5. The number of aliphatic imine (C=N–C) groups is 1. The first-order valence-electron chi connectivity index (χ1n) is 9.44. The summed E-state index contributed by atoms with van der Waals surface area (Å²) in [5.74, 6) is 1.36. The van der Waals surface area contributed by atoms with Crippen LogP contribution < -0.4 is 10.6 Å². The molecule has 0 bridgehead atoms. The number of rotatable bonds is 10. The van der Waals surface area contributed by atoms with Crippen molar-refractivity contribution in [2.24, 2.45) is 4.99 Å². The van der Waals surface area contributed by atoms with Gasteiger partial charge in [-0.15, -0.1) is 0 Å². The number of ether oxygens (including phenoxy) is 1. The van der Waals surface area contributed by atoms with Gasteiger partial charge >= 0.3 is 0 Å². The number of benzene rings is 1. The lowest BCUT2D eigenvalue weighted by atomic mass is 10.1. The Morgan fingerprint density at radius 1 is 1.29 bits per heavy atom. The molecule has 3 aromatic rings. The van der Waals surface area contributed by atoms with Crippen molar-refractivity contribution in [3.8, 4) is 11.4 Å². The molecule has 3 N–H and O–H groups in total. The van der Waals surface area contributed by atoms with Crippen molar-refractivity contribution < 1.29 is 9.53 Å². The average molecular weight is 417 g/mol. The molecule has 0 fully saturated rings. The summed E-state index contributed by atoms with van der Waals surface area (Å²) in [6.07, 6.45) is 4.96. The molecule has 0 spiro atoms. The third-order valence-electron chi connectivity index (χ3n) is 4.35. The van der Waals surface area contributed by atoms with Crippen LogP contribution in [0.4, 0.5) is 5.69 Å². The van der Waals surface area contributed by atoms with Crippen molar-refractivity contribution in [1.82, 2.24) is 25.5 Å². The molecule has 1 amide bonds. The molecule has 2 heterocycles. The van der Waals surface area contributed by atoms with Crippen LogP contribution in [0.2, 0.25) is 0 Å². The fourth-order valence-corrected chi connectivity index (χ4v) is 2.77. The normalized spacial score (nSPS) is 11.3. The summed E-state index contributed by atoms with van der Waals surface area (Å²) in [4.78, 5) is 24.8. The number of carbonyl (C=O) groups excluding carboxylic acids is 1. The van der Waals surface area contributed by atoms with Crippen LogP contribution in [0.1, 0.15) is 16.2 Å². The van der Waals surface area contributed by atoms with E-state index in [0.717, 1.165) is 11.3 Å². The van der Waals surface area contributed by atoms with Gasteiger partial charge in [-0.05, 0) is 37.0 Å². The van der Waals surface area contributed by atoms with Gasteiger partial charge in [0, 0.05) is 41.3 Å². The Morgan fingerprint density at radius 3 is 2.81 bits per heavy atom. The third kappa shape index (κ3) is 5.63. The van der Waals surface area contributed by atoms with Gasteiger partial charge in [-0.2, -0.15) is 5.10 Å². The molecule has 1 aromatic carbocycles. The van der Waals surface area contributed by atoms with E-state index in [-0.39, 0.29) is 12.5 Å². The topological polar surface area (TPSA) is 117 Å². The van der Waals surface area contributed by atoms with E-state index >= 15 is 0 Å². The number of H-pyrrole nitrogens is 1. The highest BCUT2D eigenvalue weighted by Gasteiger charge is 2.10. The average Bonchev–Trinajstić information content (AvgIpc) is 3.30. The lowest BCUT2D eigenvalue weighted by molar-refractivity contribution is 0.0957. The number of pyridine rings is 1. The summed E-state index contributed by atoms with van der Waals surface area (Å²) in [7, 11) is 1.49. The fraction of sp³-hybridized carbons (Fsp3) is 0.136. The Bertz CT molecular complexity index is 1090. The van der Waals surface area contributed by atoms with E-state index in [1.165, 1.54) is 7.11 Å². The van der Waals surface area contributed by atoms with E-state index in [9.17, 15) is 4.79 Å². The van der Waals surface area contributed by atoms with Gasteiger partial charge in [-0.1, -0.05) is 18.7 Å². The Balaban J connectivity index is 1.61. The van der Waals surface area contributed by atoms with Crippen LogP contribution >= 0.6 is 0 Å². The summed E-state index contributed by atoms with van der Waals surface area (Å²) in [5.41, 5.74) is 2.80. The molecule has 9 nitrogen and oxygen atoms in total. The quantitative estimate of drug-likeness (QED) is 0.265. The second-order valence-corrected chi connectivity index (χ2v) is 6.36. The van der Waals surface area contributed by atoms with E-state index in [0.29, 0.717) is 35.2 Å². The van der Waals surface area contributed by atoms with Crippen molar-refractivity contribution in [3.63, 3.8) is 0 Å². The van der Waals surface area contributed by atoms with Gasteiger partial charge in [-0.25, -0.2) is 9.98 Å². The first kappa shape index (κ1) is 21.4. The number of nitrogens with one attached hydrogen (secondary N) is 3. The summed E-state index contributed by atoms with van der Waals surface area (Å²) >= 11 is 0. The molecular formula is C22H23N7O2. The van der Waals surface area contributed by atoms with Gasteiger partial charge in [0.25, 0.3) is 5.91 Å². The molecule has 0 aliphatic rings. The Morgan fingerprint density at radius 2 is 2.10 bits per heavy atom. The maximum atomic E-state index is 12.5. The second-order valence-electron chi connectivity index (χ2n) is 6.36.